The lowest BCUT2D eigenvalue weighted by Crippen LogP contribution is -2.22. The summed E-state index contributed by atoms with van der Waals surface area (Å²) in [5, 5.41) is 0. The molecule has 17 heavy (non-hydrogen) atoms. The van der Waals surface area contributed by atoms with Crippen LogP contribution in [0.3, 0.4) is 0 Å². The topological polar surface area (TPSA) is 53.7 Å². The molecule has 94 valence electrons. The number of halogens is 1. The van der Waals surface area contributed by atoms with Gasteiger partial charge in [0.25, 0.3) is 0 Å². The summed E-state index contributed by atoms with van der Waals surface area (Å²) in [7, 11) is 1.43. The summed E-state index contributed by atoms with van der Waals surface area (Å²) in [6.07, 6.45) is 0.479. The van der Waals surface area contributed by atoms with Crippen molar-refractivity contribution in [2.45, 2.75) is 19.4 Å². The summed E-state index contributed by atoms with van der Waals surface area (Å²) in [5.74, 6) is 0.705. The second-order valence-corrected chi connectivity index (χ2v) is 4.08. The molecule has 0 saturated heterocycles. The van der Waals surface area contributed by atoms with Crippen molar-refractivity contribution in [2.75, 3.05) is 20.3 Å². The number of benzene rings is 1. The van der Waals surface area contributed by atoms with Crippen LogP contribution in [0.2, 0.25) is 0 Å². The van der Waals surface area contributed by atoms with Gasteiger partial charge < -0.3 is 19.9 Å². The normalized spacial score (nSPS) is 15.5. The molecule has 0 spiro atoms. The van der Waals surface area contributed by atoms with Crippen molar-refractivity contribution in [3.05, 3.63) is 17.4 Å². The monoisotopic (exact) mass is 241 g/mol. The number of hydrogen-bond acceptors (Lipinski definition) is 4. The van der Waals surface area contributed by atoms with E-state index in [-0.39, 0.29) is 11.8 Å². The minimum absolute atomic E-state index is 0.111. The number of methoxy groups -OCH3 is 1. The molecule has 0 radical (unpaired) electrons. The molecule has 0 bridgehead atoms. The van der Waals surface area contributed by atoms with Crippen LogP contribution in [0, 0.1) is 5.82 Å². The number of fused-ring (bicyclic) bond motifs is 1. The van der Waals surface area contributed by atoms with Gasteiger partial charge in [-0.3, -0.25) is 0 Å². The van der Waals surface area contributed by atoms with Gasteiger partial charge in [0.05, 0.1) is 7.11 Å². The van der Waals surface area contributed by atoms with E-state index in [1.54, 1.807) is 0 Å². The molecule has 1 aromatic rings. The molecule has 1 aromatic carbocycles. The zero-order chi connectivity index (χ0) is 12.4. The average molecular weight is 241 g/mol. The van der Waals surface area contributed by atoms with E-state index < -0.39 is 5.82 Å². The van der Waals surface area contributed by atoms with Gasteiger partial charge in [-0.1, -0.05) is 0 Å². The quantitative estimate of drug-likeness (QED) is 0.871. The smallest absolute Gasteiger partial charge is 0.169 e. The van der Waals surface area contributed by atoms with Crippen molar-refractivity contribution in [1.82, 2.24) is 0 Å². The predicted molar refractivity (Wildman–Crippen MR) is 61.3 cm³/mol. The minimum Gasteiger partial charge on any atom is -0.493 e. The molecule has 0 fully saturated rings. The van der Waals surface area contributed by atoms with E-state index >= 15 is 0 Å². The molecule has 2 rings (SSSR count). The first-order valence-corrected chi connectivity index (χ1v) is 5.54. The first-order chi connectivity index (χ1) is 8.13. The van der Waals surface area contributed by atoms with Crippen molar-refractivity contribution >= 4 is 0 Å². The van der Waals surface area contributed by atoms with E-state index in [0.29, 0.717) is 36.7 Å². The van der Waals surface area contributed by atoms with Crippen LogP contribution in [-0.2, 0) is 6.42 Å². The van der Waals surface area contributed by atoms with E-state index in [0.717, 1.165) is 0 Å². The fourth-order valence-corrected chi connectivity index (χ4v) is 1.93. The fourth-order valence-electron chi connectivity index (χ4n) is 1.93. The van der Waals surface area contributed by atoms with Crippen LogP contribution in [0.25, 0.3) is 0 Å². The Morgan fingerprint density at radius 3 is 2.82 bits per heavy atom. The second-order valence-electron chi connectivity index (χ2n) is 4.08. The Kier molecular flexibility index (Phi) is 3.38. The van der Waals surface area contributed by atoms with E-state index in [9.17, 15) is 4.39 Å². The van der Waals surface area contributed by atoms with Crippen LogP contribution in [0.1, 0.15) is 12.5 Å². The maximum atomic E-state index is 13.8. The van der Waals surface area contributed by atoms with Crippen LogP contribution in [0.15, 0.2) is 6.07 Å². The average Bonchev–Trinajstić information content (AvgIpc) is 2.28. The van der Waals surface area contributed by atoms with Crippen LogP contribution >= 0.6 is 0 Å². The van der Waals surface area contributed by atoms with Gasteiger partial charge in [-0.15, -0.1) is 0 Å². The molecule has 1 atom stereocenters. The third kappa shape index (κ3) is 2.29. The molecule has 1 aliphatic rings. The van der Waals surface area contributed by atoms with Crippen molar-refractivity contribution in [3.8, 4) is 17.2 Å². The van der Waals surface area contributed by atoms with Crippen LogP contribution in [0.5, 0.6) is 17.2 Å². The number of ether oxygens (including phenoxy) is 3. The summed E-state index contributed by atoms with van der Waals surface area (Å²) in [4.78, 5) is 0. The molecular formula is C12H16FNO3. The van der Waals surface area contributed by atoms with Crippen molar-refractivity contribution < 1.29 is 18.6 Å². The van der Waals surface area contributed by atoms with Gasteiger partial charge in [-0.05, 0) is 13.3 Å². The van der Waals surface area contributed by atoms with Gasteiger partial charge in [0.2, 0.25) is 0 Å². The largest absolute Gasteiger partial charge is 0.493 e. The molecule has 1 heterocycles. The maximum Gasteiger partial charge on any atom is 0.169 e. The van der Waals surface area contributed by atoms with Gasteiger partial charge in [0.1, 0.15) is 13.2 Å². The lowest BCUT2D eigenvalue weighted by atomic mass is 10.0. The molecular weight excluding hydrogens is 225 g/mol. The summed E-state index contributed by atoms with van der Waals surface area (Å²) in [6.45, 7) is 2.73. The molecule has 0 aliphatic carbocycles. The third-order valence-electron chi connectivity index (χ3n) is 2.56. The molecule has 4 nitrogen and oxygen atoms in total. The summed E-state index contributed by atoms with van der Waals surface area (Å²) >= 11 is 0. The molecule has 0 amide bonds. The molecule has 2 N–H and O–H groups in total. The maximum absolute atomic E-state index is 13.8. The van der Waals surface area contributed by atoms with E-state index in [2.05, 4.69) is 0 Å². The van der Waals surface area contributed by atoms with Crippen molar-refractivity contribution in [3.63, 3.8) is 0 Å². The Hall–Kier alpha value is -1.49. The molecule has 1 aliphatic heterocycles. The standard InChI is InChI=1S/C12H16FNO3/c1-7(14)5-8-11(15-2)9(13)6-10-12(8)17-4-3-16-10/h6-7H,3-5,14H2,1-2H3. The SMILES string of the molecule is COc1c(F)cc2c(c1CC(C)N)OCCO2. The van der Waals surface area contributed by atoms with Gasteiger partial charge in [0, 0.05) is 17.7 Å². The van der Waals surface area contributed by atoms with Crippen LogP contribution in [0.4, 0.5) is 4.39 Å². The van der Waals surface area contributed by atoms with Crippen LogP contribution < -0.4 is 19.9 Å². The van der Waals surface area contributed by atoms with Gasteiger partial charge in [-0.2, -0.15) is 0 Å². The highest BCUT2D eigenvalue weighted by Crippen LogP contribution is 2.41. The molecule has 5 heteroatoms. The number of rotatable bonds is 3. The highest BCUT2D eigenvalue weighted by Gasteiger charge is 2.24. The van der Waals surface area contributed by atoms with Crippen molar-refractivity contribution in [1.29, 1.82) is 0 Å². The first kappa shape index (κ1) is 12.0. The summed E-state index contributed by atoms with van der Waals surface area (Å²) in [5.41, 5.74) is 6.39. The van der Waals surface area contributed by atoms with E-state index in [1.165, 1.54) is 13.2 Å². The Balaban J connectivity index is 2.53. The number of nitrogens with two attached hydrogens (primary N) is 1. The zero-order valence-electron chi connectivity index (χ0n) is 9.96. The molecule has 0 saturated carbocycles. The lowest BCUT2D eigenvalue weighted by Gasteiger charge is -2.23. The number of hydrogen-bond donors (Lipinski definition) is 1. The predicted octanol–water partition coefficient (Wildman–Crippen LogP) is 1.50. The Bertz CT molecular complexity index is 421. The molecule has 0 aromatic heterocycles. The Morgan fingerprint density at radius 2 is 2.18 bits per heavy atom. The van der Waals surface area contributed by atoms with E-state index in [4.69, 9.17) is 19.9 Å². The van der Waals surface area contributed by atoms with E-state index in [1.807, 2.05) is 6.92 Å². The summed E-state index contributed by atoms with van der Waals surface area (Å²) in [6, 6.07) is 1.18. The summed E-state index contributed by atoms with van der Waals surface area (Å²) < 4.78 is 29.8. The van der Waals surface area contributed by atoms with Crippen molar-refractivity contribution in [2.24, 2.45) is 5.73 Å². The molecule has 1 unspecified atom stereocenters. The fraction of sp³-hybridized carbons (Fsp3) is 0.500. The van der Waals surface area contributed by atoms with Crippen LogP contribution in [-0.4, -0.2) is 26.4 Å². The lowest BCUT2D eigenvalue weighted by molar-refractivity contribution is 0.167. The third-order valence-corrected chi connectivity index (χ3v) is 2.56. The zero-order valence-corrected chi connectivity index (χ0v) is 9.96. The highest BCUT2D eigenvalue weighted by molar-refractivity contribution is 5.55. The highest BCUT2D eigenvalue weighted by atomic mass is 19.1. The Morgan fingerprint density at radius 1 is 1.47 bits per heavy atom. The first-order valence-electron chi connectivity index (χ1n) is 5.54. The minimum atomic E-state index is -0.451. The van der Waals surface area contributed by atoms with Gasteiger partial charge >= 0.3 is 0 Å². The van der Waals surface area contributed by atoms with Gasteiger partial charge in [0.15, 0.2) is 23.1 Å². The Labute approximate surface area is 99.5 Å². The van der Waals surface area contributed by atoms with Gasteiger partial charge in [-0.25, -0.2) is 4.39 Å². The second kappa shape index (κ2) is 4.79.